The van der Waals surface area contributed by atoms with Crippen LogP contribution in [-0.2, 0) is 4.74 Å². The van der Waals surface area contributed by atoms with Crippen LogP contribution in [0, 0.1) is 12.8 Å². The molecule has 5 nitrogen and oxygen atoms in total. The van der Waals surface area contributed by atoms with Gasteiger partial charge in [0.05, 0.1) is 37.1 Å². The predicted octanol–water partition coefficient (Wildman–Crippen LogP) is 1.77. The second-order valence-corrected chi connectivity index (χ2v) is 6.54. The molecule has 1 amide bonds. The zero-order valence-electron chi connectivity index (χ0n) is 13.0. The fraction of sp³-hybridized carbons (Fsp3) is 0.688. The maximum absolute atomic E-state index is 12.6. The van der Waals surface area contributed by atoms with Crippen LogP contribution in [0.2, 0.25) is 0 Å². The van der Waals surface area contributed by atoms with E-state index in [9.17, 15) is 4.79 Å². The van der Waals surface area contributed by atoms with Crippen LogP contribution in [0.5, 0.6) is 0 Å². The summed E-state index contributed by atoms with van der Waals surface area (Å²) >= 11 is 0. The Morgan fingerprint density at radius 1 is 1.33 bits per heavy atom. The van der Waals surface area contributed by atoms with Crippen LogP contribution in [0.25, 0.3) is 0 Å². The van der Waals surface area contributed by atoms with Gasteiger partial charge in [0.25, 0.3) is 5.91 Å². The maximum atomic E-state index is 12.6. The molecule has 0 radical (unpaired) electrons. The number of carbonyl (C=O) groups is 1. The summed E-state index contributed by atoms with van der Waals surface area (Å²) < 4.78 is 11.0. The highest BCUT2D eigenvalue weighted by Gasteiger charge is 2.40. The van der Waals surface area contributed by atoms with Crippen molar-refractivity contribution in [1.82, 2.24) is 9.80 Å². The highest BCUT2D eigenvalue weighted by Crippen LogP contribution is 2.24. The molecule has 0 saturated carbocycles. The molecule has 0 aromatic carbocycles. The lowest BCUT2D eigenvalue weighted by atomic mass is 10.0. The minimum absolute atomic E-state index is 0.0855. The molecule has 0 N–H and O–H groups in total. The fourth-order valence-corrected chi connectivity index (χ4v) is 3.39. The quantitative estimate of drug-likeness (QED) is 0.852. The monoisotopic (exact) mass is 292 g/mol. The van der Waals surface area contributed by atoms with Gasteiger partial charge in [0.15, 0.2) is 0 Å². The van der Waals surface area contributed by atoms with E-state index in [1.807, 2.05) is 11.8 Å². The summed E-state index contributed by atoms with van der Waals surface area (Å²) in [6.07, 6.45) is 1.58. The number of piperazine rings is 1. The second-order valence-electron chi connectivity index (χ2n) is 6.54. The highest BCUT2D eigenvalue weighted by atomic mass is 16.5. The zero-order chi connectivity index (χ0) is 15.0. The zero-order valence-corrected chi connectivity index (χ0v) is 13.0. The fourth-order valence-electron chi connectivity index (χ4n) is 3.39. The molecular weight excluding hydrogens is 268 g/mol. The van der Waals surface area contributed by atoms with Gasteiger partial charge < -0.3 is 14.1 Å². The van der Waals surface area contributed by atoms with Crippen LogP contribution in [0.4, 0.5) is 0 Å². The van der Waals surface area contributed by atoms with Crippen molar-refractivity contribution in [2.24, 2.45) is 5.92 Å². The van der Waals surface area contributed by atoms with E-state index in [0.29, 0.717) is 29.3 Å². The number of rotatable bonds is 3. The Hall–Kier alpha value is -1.33. The Labute approximate surface area is 125 Å². The number of fused-ring (bicyclic) bond motifs is 2. The number of furan rings is 1. The van der Waals surface area contributed by atoms with Gasteiger partial charge in [-0.25, -0.2) is 0 Å². The molecule has 1 aromatic rings. The van der Waals surface area contributed by atoms with E-state index in [-0.39, 0.29) is 5.91 Å². The molecule has 2 saturated heterocycles. The molecular formula is C16H24N2O3. The summed E-state index contributed by atoms with van der Waals surface area (Å²) in [4.78, 5) is 17.1. The van der Waals surface area contributed by atoms with E-state index < -0.39 is 0 Å². The van der Waals surface area contributed by atoms with Crippen molar-refractivity contribution in [3.8, 4) is 0 Å². The molecule has 116 valence electrons. The van der Waals surface area contributed by atoms with Crippen molar-refractivity contribution in [2.45, 2.75) is 32.9 Å². The van der Waals surface area contributed by atoms with E-state index >= 15 is 0 Å². The third kappa shape index (κ3) is 2.85. The van der Waals surface area contributed by atoms with Crippen LogP contribution in [0.1, 0.15) is 30.0 Å². The number of nitrogens with zero attached hydrogens (tertiary/aromatic N) is 2. The molecule has 1 aromatic heterocycles. The first-order valence-electron chi connectivity index (χ1n) is 7.73. The first-order valence-corrected chi connectivity index (χ1v) is 7.73. The van der Waals surface area contributed by atoms with Crippen molar-refractivity contribution in [3.05, 3.63) is 23.7 Å². The third-order valence-electron chi connectivity index (χ3n) is 4.37. The van der Waals surface area contributed by atoms with Crippen LogP contribution in [0.3, 0.4) is 0 Å². The molecule has 3 heterocycles. The summed E-state index contributed by atoms with van der Waals surface area (Å²) in [5, 5.41) is 0. The van der Waals surface area contributed by atoms with E-state index in [1.54, 1.807) is 12.3 Å². The van der Waals surface area contributed by atoms with Gasteiger partial charge >= 0.3 is 0 Å². The van der Waals surface area contributed by atoms with Crippen molar-refractivity contribution >= 4 is 5.91 Å². The average molecular weight is 292 g/mol. The van der Waals surface area contributed by atoms with Gasteiger partial charge in [-0.1, -0.05) is 13.8 Å². The second kappa shape index (κ2) is 5.81. The van der Waals surface area contributed by atoms with Crippen LogP contribution in [-0.4, -0.2) is 60.6 Å². The summed E-state index contributed by atoms with van der Waals surface area (Å²) in [5.41, 5.74) is 0.686. The van der Waals surface area contributed by atoms with Crippen molar-refractivity contribution in [1.29, 1.82) is 0 Å². The summed E-state index contributed by atoms with van der Waals surface area (Å²) in [5.74, 6) is 1.42. The lowest BCUT2D eigenvalue weighted by Gasteiger charge is -2.50. The summed E-state index contributed by atoms with van der Waals surface area (Å²) in [7, 11) is 0. The Balaban J connectivity index is 1.74. The number of carbonyl (C=O) groups excluding carboxylic acids is 1. The van der Waals surface area contributed by atoms with Gasteiger partial charge in [0, 0.05) is 19.6 Å². The highest BCUT2D eigenvalue weighted by molar-refractivity contribution is 5.95. The Kier molecular flexibility index (Phi) is 4.04. The van der Waals surface area contributed by atoms with E-state index in [2.05, 4.69) is 18.7 Å². The van der Waals surface area contributed by atoms with Crippen LogP contribution < -0.4 is 0 Å². The minimum Gasteiger partial charge on any atom is -0.469 e. The van der Waals surface area contributed by atoms with Gasteiger partial charge in [0.2, 0.25) is 0 Å². The molecule has 2 bridgehead atoms. The maximum Gasteiger partial charge on any atom is 0.257 e. The molecule has 3 rings (SSSR count). The number of hydrogen-bond donors (Lipinski definition) is 0. The molecule has 0 spiro atoms. The SMILES string of the molecule is Cc1occc1C(=O)N1CC2COCC(C1)N2CC(C)C. The topological polar surface area (TPSA) is 45.9 Å². The number of ether oxygens (including phenoxy) is 1. The largest absolute Gasteiger partial charge is 0.469 e. The lowest BCUT2D eigenvalue weighted by Crippen LogP contribution is -2.65. The van der Waals surface area contributed by atoms with Crippen LogP contribution in [0.15, 0.2) is 16.7 Å². The van der Waals surface area contributed by atoms with E-state index in [0.717, 1.165) is 32.8 Å². The van der Waals surface area contributed by atoms with Gasteiger partial charge in [0.1, 0.15) is 5.76 Å². The lowest BCUT2D eigenvalue weighted by molar-refractivity contribution is -0.0933. The average Bonchev–Trinajstić information content (AvgIpc) is 2.83. The van der Waals surface area contributed by atoms with Crippen molar-refractivity contribution < 1.29 is 13.9 Å². The first-order chi connectivity index (χ1) is 10.1. The smallest absolute Gasteiger partial charge is 0.257 e. The molecule has 2 aliphatic rings. The van der Waals surface area contributed by atoms with Crippen molar-refractivity contribution in [3.63, 3.8) is 0 Å². The minimum atomic E-state index is 0.0855. The number of hydrogen-bond acceptors (Lipinski definition) is 4. The number of amides is 1. The van der Waals surface area contributed by atoms with Gasteiger partial charge in [-0.2, -0.15) is 0 Å². The molecule has 2 unspecified atom stereocenters. The summed E-state index contributed by atoms with van der Waals surface area (Å²) in [6.45, 7) is 10.3. The van der Waals surface area contributed by atoms with Crippen molar-refractivity contribution in [2.75, 3.05) is 32.8 Å². The number of morpholine rings is 1. The summed E-state index contributed by atoms with van der Waals surface area (Å²) in [6, 6.07) is 2.40. The predicted molar refractivity (Wildman–Crippen MR) is 79.3 cm³/mol. The normalized spacial score (nSPS) is 26.4. The number of aryl methyl sites for hydroxylation is 1. The Morgan fingerprint density at radius 3 is 2.52 bits per heavy atom. The Morgan fingerprint density at radius 2 is 2.00 bits per heavy atom. The van der Waals surface area contributed by atoms with Gasteiger partial charge in [-0.3, -0.25) is 9.69 Å². The van der Waals surface area contributed by atoms with Gasteiger partial charge in [-0.05, 0) is 18.9 Å². The van der Waals surface area contributed by atoms with E-state index in [1.165, 1.54) is 0 Å². The molecule has 2 atom stereocenters. The molecule has 21 heavy (non-hydrogen) atoms. The molecule has 2 fully saturated rings. The molecule has 0 aliphatic carbocycles. The standard InChI is InChI=1S/C16H24N2O3/c1-11(2)6-18-13-7-17(8-14(18)10-20-9-13)16(19)15-4-5-21-12(15)3/h4-5,11,13-14H,6-10H2,1-3H3. The van der Waals surface area contributed by atoms with Gasteiger partial charge in [-0.15, -0.1) is 0 Å². The first kappa shape index (κ1) is 14.6. The third-order valence-corrected chi connectivity index (χ3v) is 4.37. The molecule has 2 aliphatic heterocycles. The van der Waals surface area contributed by atoms with E-state index in [4.69, 9.17) is 9.15 Å². The van der Waals surface area contributed by atoms with Crippen LogP contribution >= 0.6 is 0 Å². The molecule has 5 heteroatoms. The Bertz CT molecular complexity index is 497.